The maximum Gasteiger partial charge on any atom is 0.231 e. The molecule has 0 bridgehead atoms. The second-order valence-electron chi connectivity index (χ2n) is 5.75. The molecule has 92 valence electrons. The molecule has 0 radical (unpaired) electrons. The van der Waals surface area contributed by atoms with Gasteiger partial charge < -0.3 is 9.31 Å². The van der Waals surface area contributed by atoms with Crippen LogP contribution in [-0.2, 0) is 9.31 Å². The SMILES string of the molecule is CCCC(C)(C)[BH-](OC(C)C)OC(C)C. The summed E-state index contributed by atoms with van der Waals surface area (Å²) < 4.78 is 11.9. The molecule has 0 aromatic rings. The Hall–Kier alpha value is -0.0151. The van der Waals surface area contributed by atoms with E-state index < -0.39 is 7.12 Å². The lowest BCUT2D eigenvalue weighted by Crippen LogP contribution is -2.38. The molecule has 3 heteroatoms. The Morgan fingerprint density at radius 3 is 1.67 bits per heavy atom. The molecule has 15 heavy (non-hydrogen) atoms. The third-order valence-corrected chi connectivity index (χ3v) is 2.68. The van der Waals surface area contributed by atoms with E-state index in [0.29, 0.717) is 0 Å². The molecule has 0 atom stereocenters. The van der Waals surface area contributed by atoms with Gasteiger partial charge in [0.05, 0.1) is 0 Å². The molecule has 0 aliphatic carbocycles. The van der Waals surface area contributed by atoms with Crippen molar-refractivity contribution in [3.63, 3.8) is 0 Å². The summed E-state index contributed by atoms with van der Waals surface area (Å²) in [6, 6.07) is 0. The van der Waals surface area contributed by atoms with Crippen molar-refractivity contribution in [1.29, 1.82) is 0 Å². The summed E-state index contributed by atoms with van der Waals surface area (Å²) in [6.45, 7) is 15.0. The van der Waals surface area contributed by atoms with Crippen LogP contribution >= 0.6 is 0 Å². The Labute approximate surface area is 95.9 Å². The molecule has 0 N–H and O–H groups in total. The predicted octanol–water partition coefficient (Wildman–Crippen LogP) is 3.64. The third kappa shape index (κ3) is 6.21. The van der Waals surface area contributed by atoms with E-state index in [2.05, 4.69) is 48.5 Å². The van der Waals surface area contributed by atoms with Crippen LogP contribution in [0.15, 0.2) is 0 Å². The first kappa shape index (κ1) is 15.0. The van der Waals surface area contributed by atoms with Crippen molar-refractivity contribution in [1.82, 2.24) is 0 Å². The maximum absolute atomic E-state index is 5.94. The van der Waals surface area contributed by atoms with Gasteiger partial charge in [0.1, 0.15) is 0 Å². The van der Waals surface area contributed by atoms with Crippen molar-refractivity contribution >= 4 is 7.12 Å². The van der Waals surface area contributed by atoms with Crippen LogP contribution < -0.4 is 0 Å². The Bertz CT molecular complexity index is 157. The lowest BCUT2D eigenvalue weighted by Gasteiger charge is -2.44. The average Bonchev–Trinajstić information content (AvgIpc) is 2.00. The molecule has 0 rings (SSSR count). The quantitative estimate of drug-likeness (QED) is 0.603. The van der Waals surface area contributed by atoms with E-state index in [1.807, 2.05) is 0 Å². The van der Waals surface area contributed by atoms with Gasteiger partial charge in [0.25, 0.3) is 0 Å². The van der Waals surface area contributed by atoms with Crippen molar-refractivity contribution in [2.75, 3.05) is 0 Å². The first-order valence-corrected chi connectivity index (χ1v) is 6.27. The van der Waals surface area contributed by atoms with E-state index in [-0.39, 0.29) is 17.5 Å². The lowest BCUT2D eigenvalue weighted by molar-refractivity contribution is 0.111. The van der Waals surface area contributed by atoms with Crippen LogP contribution in [-0.4, -0.2) is 19.3 Å². The molecular formula is C12H28BO2-. The van der Waals surface area contributed by atoms with Gasteiger partial charge in [-0.25, -0.2) is 0 Å². The summed E-state index contributed by atoms with van der Waals surface area (Å²) in [4.78, 5) is 0. The Kier molecular flexibility index (Phi) is 6.54. The fourth-order valence-electron chi connectivity index (χ4n) is 1.92. The standard InChI is InChI=1S/C12H28BO2/c1-8-9-12(6,7)13(14-10(2)3)15-11(4)5/h10-11,13H,8-9H2,1-7H3/q-1. The van der Waals surface area contributed by atoms with Crippen LogP contribution in [0.5, 0.6) is 0 Å². The van der Waals surface area contributed by atoms with E-state index in [1.165, 1.54) is 6.42 Å². The molecule has 0 saturated heterocycles. The van der Waals surface area contributed by atoms with Crippen LogP contribution in [0.4, 0.5) is 0 Å². The number of rotatable bonds is 7. The second-order valence-corrected chi connectivity index (χ2v) is 5.75. The summed E-state index contributed by atoms with van der Waals surface area (Å²) >= 11 is 0. The zero-order valence-corrected chi connectivity index (χ0v) is 11.6. The van der Waals surface area contributed by atoms with Gasteiger partial charge in [-0.1, -0.05) is 33.6 Å². The van der Waals surface area contributed by atoms with Crippen LogP contribution in [0.3, 0.4) is 0 Å². The highest BCUT2D eigenvalue weighted by Crippen LogP contribution is 2.36. The van der Waals surface area contributed by atoms with Gasteiger partial charge in [0, 0.05) is 12.2 Å². The third-order valence-electron chi connectivity index (χ3n) is 2.68. The number of hydrogen-bond acceptors (Lipinski definition) is 2. The number of hydrogen-bond donors (Lipinski definition) is 0. The second kappa shape index (κ2) is 6.54. The smallest absolute Gasteiger partial charge is 0.231 e. The lowest BCUT2D eigenvalue weighted by atomic mass is 9.57. The molecule has 0 aliphatic heterocycles. The monoisotopic (exact) mass is 215 g/mol. The van der Waals surface area contributed by atoms with E-state index in [0.717, 1.165) is 6.42 Å². The molecule has 0 aliphatic rings. The molecule has 0 heterocycles. The molecule has 0 aromatic carbocycles. The van der Waals surface area contributed by atoms with Crippen molar-refractivity contribution in [2.45, 2.75) is 78.8 Å². The minimum Gasteiger partial charge on any atom is -0.568 e. The van der Waals surface area contributed by atoms with Crippen molar-refractivity contribution in [3.8, 4) is 0 Å². The molecule has 0 aromatic heterocycles. The van der Waals surface area contributed by atoms with E-state index in [4.69, 9.17) is 9.31 Å². The van der Waals surface area contributed by atoms with Gasteiger partial charge in [-0.15, -0.1) is 5.31 Å². The first-order valence-electron chi connectivity index (χ1n) is 6.27. The molecule has 0 spiro atoms. The van der Waals surface area contributed by atoms with Crippen molar-refractivity contribution < 1.29 is 9.31 Å². The van der Waals surface area contributed by atoms with Crippen LogP contribution in [0.2, 0.25) is 5.31 Å². The molecule has 2 nitrogen and oxygen atoms in total. The summed E-state index contributed by atoms with van der Waals surface area (Å²) in [6.07, 6.45) is 2.84. The zero-order valence-electron chi connectivity index (χ0n) is 11.6. The normalized spacial score (nSPS) is 13.2. The van der Waals surface area contributed by atoms with E-state index in [1.54, 1.807) is 0 Å². The molecule has 0 fully saturated rings. The first-order chi connectivity index (χ1) is 6.79. The van der Waals surface area contributed by atoms with Crippen LogP contribution in [0.25, 0.3) is 0 Å². The summed E-state index contributed by atoms with van der Waals surface area (Å²) in [5.74, 6) is 0. The van der Waals surface area contributed by atoms with E-state index >= 15 is 0 Å². The zero-order chi connectivity index (χ0) is 12.1. The fourth-order valence-corrected chi connectivity index (χ4v) is 1.92. The predicted molar refractivity (Wildman–Crippen MR) is 68.5 cm³/mol. The van der Waals surface area contributed by atoms with Gasteiger partial charge >= 0.3 is 0 Å². The summed E-state index contributed by atoms with van der Waals surface area (Å²) in [7, 11) is -0.986. The molecule has 0 unspecified atom stereocenters. The summed E-state index contributed by atoms with van der Waals surface area (Å²) in [5.41, 5.74) is 0. The van der Waals surface area contributed by atoms with Crippen LogP contribution in [0.1, 0.15) is 61.3 Å². The largest absolute Gasteiger partial charge is 0.568 e. The van der Waals surface area contributed by atoms with Gasteiger partial charge in [0.2, 0.25) is 7.12 Å². The Balaban J connectivity index is 4.45. The highest BCUT2D eigenvalue weighted by molar-refractivity contribution is 6.48. The van der Waals surface area contributed by atoms with Gasteiger partial charge in [-0.05, 0) is 27.7 Å². The highest BCUT2D eigenvalue weighted by Gasteiger charge is 2.26. The Morgan fingerprint density at radius 1 is 1.00 bits per heavy atom. The van der Waals surface area contributed by atoms with Gasteiger partial charge in [-0.3, -0.25) is 0 Å². The Morgan fingerprint density at radius 2 is 1.40 bits per heavy atom. The molecular weight excluding hydrogens is 187 g/mol. The maximum atomic E-state index is 5.94. The highest BCUT2D eigenvalue weighted by atomic mass is 16.6. The summed E-state index contributed by atoms with van der Waals surface area (Å²) in [5, 5.41) is 0.170. The van der Waals surface area contributed by atoms with E-state index in [9.17, 15) is 0 Å². The minimum absolute atomic E-state index is 0.170. The van der Waals surface area contributed by atoms with Crippen LogP contribution in [0, 0.1) is 0 Å². The molecule has 0 saturated carbocycles. The average molecular weight is 215 g/mol. The van der Waals surface area contributed by atoms with Gasteiger partial charge in [-0.2, -0.15) is 0 Å². The van der Waals surface area contributed by atoms with Gasteiger partial charge in [0.15, 0.2) is 0 Å². The van der Waals surface area contributed by atoms with Crippen molar-refractivity contribution in [3.05, 3.63) is 0 Å². The fraction of sp³-hybridized carbons (Fsp3) is 1.00. The minimum atomic E-state index is -0.986. The topological polar surface area (TPSA) is 18.5 Å². The molecule has 0 amide bonds. The van der Waals surface area contributed by atoms with Crippen molar-refractivity contribution in [2.24, 2.45) is 0 Å².